The smallest absolute Gasteiger partial charge is 0.348 e. The second kappa shape index (κ2) is 8.57. The fourth-order valence-corrected chi connectivity index (χ4v) is 4.20. The number of rotatable bonds is 6. The van der Waals surface area contributed by atoms with Crippen molar-refractivity contribution in [2.75, 3.05) is 11.9 Å². The van der Waals surface area contributed by atoms with Crippen LogP contribution in [0.15, 0.2) is 58.1 Å². The molecule has 0 saturated carbocycles. The molecule has 0 radical (unpaired) electrons. The standard InChI is InChI=1S/C22H19N3O5S/c1-2-30-22(29)18-12-13-11-14(7-8-17(13)31-18)23-19(26)9-10-25-21(28)16-6-4-3-5-15(16)20(27)24-25/h3-8,11-12H,2,9-10H2,1H3,(H,23,26)(H,24,27). The van der Waals surface area contributed by atoms with E-state index in [2.05, 4.69) is 10.4 Å². The van der Waals surface area contributed by atoms with Gasteiger partial charge in [-0.25, -0.2) is 9.48 Å². The Morgan fingerprint density at radius 2 is 1.87 bits per heavy atom. The number of aromatic nitrogens is 2. The first-order valence-electron chi connectivity index (χ1n) is 9.68. The van der Waals surface area contributed by atoms with E-state index in [4.69, 9.17) is 4.74 Å². The number of hydrogen-bond acceptors (Lipinski definition) is 6. The van der Waals surface area contributed by atoms with Gasteiger partial charge in [-0.3, -0.25) is 19.5 Å². The molecule has 1 amide bonds. The van der Waals surface area contributed by atoms with Gasteiger partial charge in [0, 0.05) is 16.8 Å². The molecule has 4 aromatic rings. The van der Waals surface area contributed by atoms with E-state index in [1.165, 1.54) is 11.3 Å². The van der Waals surface area contributed by atoms with Crippen molar-refractivity contribution >= 4 is 49.8 Å². The van der Waals surface area contributed by atoms with Gasteiger partial charge >= 0.3 is 5.97 Å². The normalized spacial score (nSPS) is 11.0. The Labute approximate surface area is 180 Å². The topological polar surface area (TPSA) is 110 Å². The summed E-state index contributed by atoms with van der Waals surface area (Å²) < 4.78 is 7.07. The van der Waals surface area contributed by atoms with Crippen LogP contribution in [-0.2, 0) is 16.1 Å². The molecule has 0 fully saturated rings. The fraction of sp³-hybridized carbons (Fsp3) is 0.182. The number of anilines is 1. The van der Waals surface area contributed by atoms with Crippen molar-refractivity contribution in [3.05, 3.63) is 74.1 Å². The number of thiophene rings is 1. The zero-order valence-electron chi connectivity index (χ0n) is 16.6. The minimum absolute atomic E-state index is 0.00391. The van der Waals surface area contributed by atoms with E-state index in [1.54, 1.807) is 49.4 Å². The number of esters is 1. The van der Waals surface area contributed by atoms with Crippen molar-refractivity contribution in [1.82, 2.24) is 9.78 Å². The summed E-state index contributed by atoms with van der Waals surface area (Å²) in [6, 6.07) is 13.6. The molecule has 2 heterocycles. The van der Waals surface area contributed by atoms with Crippen LogP contribution in [0.4, 0.5) is 5.69 Å². The molecular formula is C22H19N3O5S. The maximum atomic E-state index is 12.5. The molecule has 2 aromatic carbocycles. The van der Waals surface area contributed by atoms with Gasteiger partial charge in [0.15, 0.2) is 0 Å². The number of H-pyrrole nitrogens is 1. The van der Waals surface area contributed by atoms with Gasteiger partial charge in [-0.1, -0.05) is 12.1 Å². The van der Waals surface area contributed by atoms with Gasteiger partial charge < -0.3 is 10.1 Å². The molecule has 0 unspecified atom stereocenters. The number of aromatic amines is 1. The maximum absolute atomic E-state index is 12.5. The summed E-state index contributed by atoms with van der Waals surface area (Å²) in [5, 5.41) is 6.74. The monoisotopic (exact) mass is 437 g/mol. The molecular weight excluding hydrogens is 418 g/mol. The highest BCUT2D eigenvalue weighted by Gasteiger charge is 2.13. The lowest BCUT2D eigenvalue weighted by Crippen LogP contribution is -2.31. The van der Waals surface area contributed by atoms with Gasteiger partial charge in [-0.05, 0) is 48.7 Å². The van der Waals surface area contributed by atoms with Crippen LogP contribution in [0.5, 0.6) is 0 Å². The maximum Gasteiger partial charge on any atom is 0.348 e. The molecule has 0 saturated heterocycles. The quantitative estimate of drug-likeness (QED) is 0.451. The van der Waals surface area contributed by atoms with Gasteiger partial charge in [0.05, 0.1) is 23.9 Å². The summed E-state index contributed by atoms with van der Waals surface area (Å²) >= 11 is 1.33. The van der Waals surface area contributed by atoms with Crippen molar-refractivity contribution < 1.29 is 14.3 Å². The van der Waals surface area contributed by atoms with Crippen molar-refractivity contribution in [2.24, 2.45) is 0 Å². The molecule has 0 bridgehead atoms. The molecule has 4 rings (SSSR count). The number of ether oxygens (including phenoxy) is 1. The van der Waals surface area contributed by atoms with Gasteiger partial charge in [-0.15, -0.1) is 11.3 Å². The van der Waals surface area contributed by atoms with Crippen molar-refractivity contribution in [3.63, 3.8) is 0 Å². The highest BCUT2D eigenvalue weighted by molar-refractivity contribution is 7.20. The Morgan fingerprint density at radius 1 is 1.10 bits per heavy atom. The number of amides is 1. The van der Waals surface area contributed by atoms with Crippen molar-refractivity contribution in [2.45, 2.75) is 19.9 Å². The number of nitrogens with one attached hydrogen (secondary N) is 2. The molecule has 0 aliphatic carbocycles. The van der Waals surface area contributed by atoms with Crippen LogP contribution in [0.3, 0.4) is 0 Å². The molecule has 9 heteroatoms. The lowest BCUT2D eigenvalue weighted by molar-refractivity contribution is -0.116. The Balaban J connectivity index is 1.47. The highest BCUT2D eigenvalue weighted by Crippen LogP contribution is 2.28. The SMILES string of the molecule is CCOC(=O)c1cc2cc(NC(=O)CCn3[nH]c(=O)c4ccccc4c3=O)ccc2s1. The molecule has 31 heavy (non-hydrogen) atoms. The van der Waals surface area contributed by atoms with Crippen LogP contribution in [0.2, 0.25) is 0 Å². The summed E-state index contributed by atoms with van der Waals surface area (Å²) in [5.41, 5.74) is -0.157. The number of aryl methyl sites for hydroxylation is 1. The van der Waals surface area contributed by atoms with Gasteiger partial charge in [0.25, 0.3) is 11.1 Å². The minimum Gasteiger partial charge on any atom is -0.462 e. The van der Waals surface area contributed by atoms with Crippen LogP contribution in [0.1, 0.15) is 23.0 Å². The van der Waals surface area contributed by atoms with E-state index >= 15 is 0 Å². The van der Waals surface area contributed by atoms with E-state index in [-0.39, 0.29) is 36.0 Å². The number of hydrogen-bond donors (Lipinski definition) is 2. The largest absolute Gasteiger partial charge is 0.462 e. The van der Waals surface area contributed by atoms with Crippen molar-refractivity contribution in [1.29, 1.82) is 0 Å². The molecule has 0 aliphatic heterocycles. The second-order valence-electron chi connectivity index (χ2n) is 6.83. The molecule has 0 aliphatic rings. The zero-order chi connectivity index (χ0) is 22.0. The summed E-state index contributed by atoms with van der Waals surface area (Å²) in [6.07, 6.45) is 0.00391. The van der Waals surface area contributed by atoms with E-state index in [1.807, 2.05) is 6.07 Å². The fourth-order valence-electron chi connectivity index (χ4n) is 3.26. The van der Waals surface area contributed by atoms with Crippen LogP contribution < -0.4 is 16.4 Å². The lowest BCUT2D eigenvalue weighted by Gasteiger charge is -2.08. The molecule has 2 aromatic heterocycles. The summed E-state index contributed by atoms with van der Waals surface area (Å²) in [4.78, 5) is 49.5. The molecule has 0 atom stereocenters. The third kappa shape index (κ3) is 4.26. The zero-order valence-corrected chi connectivity index (χ0v) is 17.5. The first-order valence-corrected chi connectivity index (χ1v) is 10.5. The van der Waals surface area contributed by atoms with E-state index in [0.717, 1.165) is 14.8 Å². The number of nitrogens with zero attached hydrogens (tertiary/aromatic N) is 1. The Hall–Kier alpha value is -3.72. The Morgan fingerprint density at radius 3 is 2.65 bits per heavy atom. The van der Waals surface area contributed by atoms with Crippen LogP contribution in [0.25, 0.3) is 20.9 Å². The highest BCUT2D eigenvalue weighted by atomic mass is 32.1. The predicted molar refractivity (Wildman–Crippen MR) is 120 cm³/mol. The van der Waals surface area contributed by atoms with Crippen LogP contribution in [-0.4, -0.2) is 28.3 Å². The number of benzene rings is 2. The summed E-state index contributed by atoms with van der Waals surface area (Å²) in [7, 11) is 0. The first-order chi connectivity index (χ1) is 15.0. The number of carbonyl (C=O) groups excluding carboxylic acids is 2. The van der Waals surface area contributed by atoms with E-state index in [9.17, 15) is 19.2 Å². The summed E-state index contributed by atoms with van der Waals surface area (Å²) in [5.74, 6) is -0.676. The molecule has 0 spiro atoms. The average molecular weight is 437 g/mol. The Kier molecular flexibility index (Phi) is 5.68. The molecule has 8 nitrogen and oxygen atoms in total. The first kappa shape index (κ1) is 20.5. The number of fused-ring (bicyclic) bond motifs is 2. The lowest BCUT2D eigenvalue weighted by atomic mass is 10.2. The third-order valence-corrected chi connectivity index (χ3v) is 5.82. The third-order valence-electron chi connectivity index (χ3n) is 4.72. The predicted octanol–water partition coefficient (Wildman–Crippen LogP) is 3.11. The summed E-state index contributed by atoms with van der Waals surface area (Å²) in [6.45, 7) is 2.10. The van der Waals surface area contributed by atoms with Gasteiger partial charge in [0.1, 0.15) is 4.88 Å². The minimum atomic E-state index is -0.379. The Bertz CT molecular complexity index is 1420. The average Bonchev–Trinajstić information content (AvgIpc) is 3.19. The van der Waals surface area contributed by atoms with Crippen LogP contribution in [0, 0.1) is 0 Å². The molecule has 2 N–H and O–H groups in total. The van der Waals surface area contributed by atoms with Crippen LogP contribution >= 0.6 is 11.3 Å². The van der Waals surface area contributed by atoms with Crippen molar-refractivity contribution in [3.8, 4) is 0 Å². The van der Waals surface area contributed by atoms with E-state index < -0.39 is 0 Å². The number of carbonyl (C=O) groups is 2. The van der Waals surface area contributed by atoms with Gasteiger partial charge in [0.2, 0.25) is 5.91 Å². The van der Waals surface area contributed by atoms with Gasteiger partial charge in [-0.2, -0.15) is 0 Å². The van der Waals surface area contributed by atoms with E-state index in [0.29, 0.717) is 27.9 Å². The second-order valence-corrected chi connectivity index (χ2v) is 7.91. The molecule has 158 valence electrons.